The van der Waals surface area contributed by atoms with Gasteiger partial charge >= 0.3 is 0 Å². The topological polar surface area (TPSA) is 70.5 Å². The number of allylic oxidation sites excluding steroid dienone is 1. The van der Waals surface area contributed by atoms with Gasteiger partial charge in [0, 0.05) is 37.0 Å². The number of ether oxygens (including phenoxy) is 1. The number of aryl methyl sites for hydroxylation is 1. The quantitative estimate of drug-likeness (QED) is 0.344. The molecule has 0 spiro atoms. The Hall–Kier alpha value is -2.93. The van der Waals surface area contributed by atoms with E-state index in [2.05, 4.69) is 58.5 Å². The summed E-state index contributed by atoms with van der Waals surface area (Å²) in [5.74, 6) is 1.94. The van der Waals surface area contributed by atoms with Crippen molar-refractivity contribution in [2.75, 3.05) is 31.6 Å². The molecule has 1 saturated heterocycles. The lowest BCUT2D eigenvalue weighted by molar-refractivity contribution is 0.0755. The molecular formula is C30H35ClN4O2. The molecule has 1 aliphatic heterocycles. The summed E-state index contributed by atoms with van der Waals surface area (Å²) < 4.78 is 6.18. The number of halogens is 1. The third kappa shape index (κ3) is 6.69. The highest BCUT2D eigenvalue weighted by atomic mass is 35.5. The fraction of sp³-hybridized carbons (Fsp3) is 0.400. The van der Waals surface area contributed by atoms with Crippen LogP contribution in [0.5, 0.6) is 5.75 Å². The molecule has 0 radical (unpaired) electrons. The summed E-state index contributed by atoms with van der Waals surface area (Å²) in [6, 6.07) is 14.7. The Morgan fingerprint density at radius 3 is 2.59 bits per heavy atom. The zero-order valence-electron chi connectivity index (χ0n) is 21.6. The Kier molecular flexibility index (Phi) is 8.08. The summed E-state index contributed by atoms with van der Waals surface area (Å²) in [5.41, 5.74) is 6.13. The Morgan fingerprint density at radius 2 is 1.89 bits per heavy atom. The number of aliphatic hydroxyl groups excluding tert-OH is 1. The predicted molar refractivity (Wildman–Crippen MR) is 150 cm³/mol. The number of likely N-dealkylation sites (tertiary alicyclic amines) is 1. The van der Waals surface area contributed by atoms with Crippen LogP contribution in [0.25, 0.3) is 5.57 Å². The minimum atomic E-state index is -0.155. The monoisotopic (exact) mass is 518 g/mol. The third-order valence-corrected chi connectivity index (χ3v) is 7.39. The molecule has 2 fully saturated rings. The van der Waals surface area contributed by atoms with E-state index in [0.29, 0.717) is 29.2 Å². The zero-order chi connectivity index (χ0) is 25.8. The van der Waals surface area contributed by atoms with Gasteiger partial charge in [0.05, 0.1) is 23.0 Å². The molecule has 5 rings (SSSR count). The number of anilines is 2. The highest BCUT2D eigenvalue weighted by molar-refractivity contribution is 6.32. The van der Waals surface area contributed by atoms with Gasteiger partial charge in [0.2, 0.25) is 5.95 Å². The van der Waals surface area contributed by atoms with Crippen LogP contribution in [0.15, 0.2) is 54.7 Å². The molecule has 2 N–H and O–H groups in total. The van der Waals surface area contributed by atoms with Crippen molar-refractivity contribution in [3.05, 3.63) is 82.1 Å². The van der Waals surface area contributed by atoms with Crippen LogP contribution in [0.1, 0.15) is 60.9 Å². The molecule has 6 nitrogen and oxygen atoms in total. The number of hydrogen-bond acceptors (Lipinski definition) is 6. The molecule has 2 aromatic carbocycles. The molecule has 2 aliphatic rings. The molecule has 1 saturated carbocycles. The number of piperidine rings is 1. The Morgan fingerprint density at radius 1 is 1.14 bits per heavy atom. The molecule has 0 unspecified atom stereocenters. The maximum absolute atomic E-state index is 9.73. The molecule has 2 heterocycles. The van der Waals surface area contributed by atoms with Crippen molar-refractivity contribution in [1.29, 1.82) is 0 Å². The van der Waals surface area contributed by atoms with Crippen LogP contribution >= 0.6 is 11.6 Å². The first kappa shape index (κ1) is 25.7. The average molecular weight is 519 g/mol. The first-order valence-electron chi connectivity index (χ1n) is 13.2. The normalized spacial score (nSPS) is 17.1. The van der Waals surface area contributed by atoms with Crippen molar-refractivity contribution >= 4 is 28.8 Å². The van der Waals surface area contributed by atoms with Crippen molar-refractivity contribution in [2.45, 2.75) is 51.6 Å². The fourth-order valence-corrected chi connectivity index (χ4v) is 4.98. The van der Waals surface area contributed by atoms with Crippen LogP contribution in [0.2, 0.25) is 5.02 Å². The minimum absolute atomic E-state index is 0.155. The highest BCUT2D eigenvalue weighted by Gasteiger charge is 2.25. The zero-order valence-corrected chi connectivity index (χ0v) is 22.3. The van der Waals surface area contributed by atoms with Gasteiger partial charge in [-0.05, 0) is 68.7 Å². The molecular weight excluding hydrogens is 484 g/mol. The molecule has 194 valence electrons. The second-order valence-corrected chi connectivity index (χ2v) is 10.5. The standard InChI is InChI=1S/C30H35ClN4O2/c1-3-27(22-6-4-20(2)5-7-22)29-28(31)19-32-30(34-29)33-24-16-23(21-8-9-21)17-26(18-24)37-15-14-35-12-10-25(36)11-13-35/h3-7,16-19,21,25,36H,8-15H2,1-2H3,(H,32,33,34)/b27-3+. The number of hydrogen-bond donors (Lipinski definition) is 2. The summed E-state index contributed by atoms with van der Waals surface area (Å²) in [6.45, 7) is 7.39. The van der Waals surface area contributed by atoms with E-state index in [1.807, 2.05) is 19.1 Å². The molecule has 1 aromatic heterocycles. The minimum Gasteiger partial charge on any atom is -0.492 e. The molecule has 0 bridgehead atoms. The first-order chi connectivity index (χ1) is 18.0. The molecule has 37 heavy (non-hydrogen) atoms. The Balaban J connectivity index is 1.32. The molecule has 0 amide bonds. The van der Waals surface area contributed by atoms with Gasteiger partial charge < -0.3 is 15.2 Å². The number of aromatic nitrogens is 2. The van der Waals surface area contributed by atoms with Crippen LogP contribution in [-0.2, 0) is 0 Å². The van der Waals surface area contributed by atoms with Gasteiger partial charge in [-0.15, -0.1) is 0 Å². The van der Waals surface area contributed by atoms with E-state index in [1.54, 1.807) is 6.20 Å². The smallest absolute Gasteiger partial charge is 0.227 e. The van der Waals surface area contributed by atoms with Gasteiger partial charge in [0.25, 0.3) is 0 Å². The van der Waals surface area contributed by atoms with Crippen LogP contribution < -0.4 is 10.1 Å². The lowest BCUT2D eigenvalue weighted by Gasteiger charge is -2.29. The summed E-state index contributed by atoms with van der Waals surface area (Å²) in [6.07, 6.45) is 7.63. The SMILES string of the molecule is C/C=C(\c1ccc(C)cc1)c1nc(Nc2cc(OCCN3CCC(O)CC3)cc(C3CC3)c2)ncc1Cl. The van der Waals surface area contributed by atoms with Crippen molar-refractivity contribution < 1.29 is 9.84 Å². The van der Waals surface area contributed by atoms with E-state index >= 15 is 0 Å². The Bertz CT molecular complexity index is 1250. The maximum Gasteiger partial charge on any atom is 0.227 e. The summed E-state index contributed by atoms with van der Waals surface area (Å²) in [7, 11) is 0. The predicted octanol–water partition coefficient (Wildman–Crippen LogP) is 6.35. The molecule has 1 aliphatic carbocycles. The van der Waals surface area contributed by atoms with Gasteiger partial charge in [-0.1, -0.05) is 47.5 Å². The van der Waals surface area contributed by atoms with Crippen LogP contribution in [-0.4, -0.2) is 52.3 Å². The summed E-state index contributed by atoms with van der Waals surface area (Å²) >= 11 is 6.55. The van der Waals surface area contributed by atoms with Crippen LogP contribution in [0.4, 0.5) is 11.6 Å². The summed E-state index contributed by atoms with van der Waals surface area (Å²) in [4.78, 5) is 11.6. The molecule has 0 atom stereocenters. The van der Waals surface area contributed by atoms with Crippen LogP contribution in [0, 0.1) is 6.92 Å². The number of benzene rings is 2. The van der Waals surface area contributed by atoms with Gasteiger partial charge in [0.1, 0.15) is 12.4 Å². The van der Waals surface area contributed by atoms with Gasteiger partial charge in [-0.3, -0.25) is 4.90 Å². The third-order valence-electron chi connectivity index (χ3n) is 7.12. The second kappa shape index (κ2) is 11.6. The summed E-state index contributed by atoms with van der Waals surface area (Å²) in [5, 5.41) is 13.6. The van der Waals surface area contributed by atoms with Gasteiger partial charge in [-0.25, -0.2) is 9.97 Å². The Labute approximate surface area is 224 Å². The van der Waals surface area contributed by atoms with Gasteiger partial charge in [-0.2, -0.15) is 0 Å². The van der Waals surface area contributed by atoms with Crippen molar-refractivity contribution in [3.8, 4) is 5.75 Å². The number of rotatable bonds is 9. The first-order valence-corrected chi connectivity index (χ1v) is 13.6. The van der Waals surface area contributed by atoms with Crippen molar-refractivity contribution in [1.82, 2.24) is 14.9 Å². The maximum atomic E-state index is 9.73. The number of nitrogens with zero attached hydrogens (tertiary/aromatic N) is 3. The van der Waals surface area contributed by atoms with E-state index in [4.69, 9.17) is 21.3 Å². The number of nitrogens with one attached hydrogen (secondary N) is 1. The van der Waals surface area contributed by atoms with E-state index in [9.17, 15) is 5.11 Å². The van der Waals surface area contributed by atoms with Crippen LogP contribution in [0.3, 0.4) is 0 Å². The highest BCUT2D eigenvalue weighted by Crippen LogP contribution is 2.42. The number of aliphatic hydroxyl groups is 1. The van der Waals surface area contributed by atoms with Gasteiger partial charge in [0.15, 0.2) is 0 Å². The molecule has 3 aromatic rings. The van der Waals surface area contributed by atoms with Crippen molar-refractivity contribution in [2.24, 2.45) is 0 Å². The largest absolute Gasteiger partial charge is 0.492 e. The lowest BCUT2D eigenvalue weighted by atomic mass is 10.0. The van der Waals surface area contributed by atoms with E-state index in [0.717, 1.165) is 55.0 Å². The van der Waals surface area contributed by atoms with E-state index in [-0.39, 0.29) is 6.10 Å². The lowest BCUT2D eigenvalue weighted by Crippen LogP contribution is -2.38. The van der Waals surface area contributed by atoms with E-state index < -0.39 is 0 Å². The van der Waals surface area contributed by atoms with E-state index in [1.165, 1.54) is 24.0 Å². The fourth-order valence-electron chi connectivity index (χ4n) is 4.78. The molecule has 7 heteroatoms. The average Bonchev–Trinajstić information content (AvgIpc) is 3.74. The van der Waals surface area contributed by atoms with Crippen molar-refractivity contribution in [3.63, 3.8) is 0 Å². The second-order valence-electron chi connectivity index (χ2n) is 10.1.